The quantitative estimate of drug-likeness (QED) is 0.775. The summed E-state index contributed by atoms with van der Waals surface area (Å²) in [5.74, 6) is 2.40. The molecule has 0 amide bonds. The normalized spacial score (nSPS) is 14.4. The number of likely N-dealkylation sites (N-methyl/N-ethyl adjacent to an activating group) is 1. The van der Waals surface area contributed by atoms with Crippen molar-refractivity contribution in [2.24, 2.45) is 0 Å². The second-order valence-corrected chi connectivity index (χ2v) is 4.77. The van der Waals surface area contributed by atoms with E-state index in [9.17, 15) is 4.39 Å². The van der Waals surface area contributed by atoms with Crippen LogP contribution in [0.4, 0.5) is 4.39 Å². The number of halogens is 2. The van der Waals surface area contributed by atoms with E-state index >= 15 is 0 Å². The van der Waals surface area contributed by atoms with Gasteiger partial charge in [-0.2, -0.15) is 0 Å². The van der Waals surface area contributed by atoms with Gasteiger partial charge in [-0.15, -0.1) is 6.42 Å². The minimum Gasteiger partial charge on any atom is -0.480 e. The van der Waals surface area contributed by atoms with Crippen LogP contribution >= 0.6 is 11.6 Å². The molecule has 108 valence electrons. The second kappa shape index (κ2) is 6.51. The summed E-state index contributed by atoms with van der Waals surface area (Å²) in [6, 6.07) is 4.66. The van der Waals surface area contributed by atoms with Gasteiger partial charge in [0.25, 0.3) is 0 Å². The van der Waals surface area contributed by atoms with Crippen LogP contribution in [0.5, 0.6) is 5.75 Å². The Morgan fingerprint density at radius 3 is 2.86 bits per heavy atom. The van der Waals surface area contributed by atoms with Gasteiger partial charge in [0.2, 0.25) is 0 Å². The molecule has 21 heavy (non-hydrogen) atoms. The van der Waals surface area contributed by atoms with Crippen LogP contribution in [0.25, 0.3) is 5.70 Å². The van der Waals surface area contributed by atoms with Crippen molar-refractivity contribution in [1.82, 2.24) is 4.90 Å². The predicted octanol–water partition coefficient (Wildman–Crippen LogP) is 4.15. The maximum absolute atomic E-state index is 14.3. The fourth-order valence-corrected chi connectivity index (χ4v) is 2.35. The minimum atomic E-state index is -0.381. The lowest BCUT2D eigenvalue weighted by Gasteiger charge is -2.31. The molecule has 0 atom stereocenters. The van der Waals surface area contributed by atoms with Gasteiger partial charge in [-0.3, -0.25) is 0 Å². The van der Waals surface area contributed by atoms with Crippen LogP contribution in [0.1, 0.15) is 12.5 Å². The van der Waals surface area contributed by atoms with Crippen molar-refractivity contribution < 1.29 is 9.13 Å². The standard InChI is InChI=1S/C17H15ClFNO/c1-4-11-21-16-8-6-7-14(19)17(16)15-10-9-13(18)12(3)20(15)5-2/h1,6-10H,3,5,11H2,2H3. The Bertz CT molecular complexity index is 670. The lowest BCUT2D eigenvalue weighted by molar-refractivity contribution is 0.364. The lowest BCUT2D eigenvalue weighted by atomic mass is 10.0. The topological polar surface area (TPSA) is 12.5 Å². The Hall–Kier alpha value is -2.18. The van der Waals surface area contributed by atoms with Crippen molar-refractivity contribution in [2.75, 3.05) is 13.2 Å². The fraction of sp³-hybridized carbons (Fsp3) is 0.176. The van der Waals surface area contributed by atoms with E-state index in [0.717, 1.165) is 0 Å². The van der Waals surface area contributed by atoms with Gasteiger partial charge in [-0.1, -0.05) is 30.2 Å². The largest absolute Gasteiger partial charge is 0.480 e. The Labute approximate surface area is 129 Å². The first kappa shape index (κ1) is 15.2. The van der Waals surface area contributed by atoms with Gasteiger partial charge >= 0.3 is 0 Å². The predicted molar refractivity (Wildman–Crippen MR) is 84.2 cm³/mol. The smallest absolute Gasteiger partial charge is 0.148 e. The summed E-state index contributed by atoms with van der Waals surface area (Å²) in [5.41, 5.74) is 1.64. The molecule has 1 aliphatic rings. The molecule has 0 spiro atoms. The van der Waals surface area contributed by atoms with Crippen LogP contribution in [0.3, 0.4) is 0 Å². The van der Waals surface area contributed by atoms with Gasteiger partial charge in [0.05, 0.1) is 22.0 Å². The van der Waals surface area contributed by atoms with Gasteiger partial charge in [0.15, 0.2) is 0 Å². The van der Waals surface area contributed by atoms with E-state index in [1.807, 2.05) is 11.8 Å². The lowest BCUT2D eigenvalue weighted by Crippen LogP contribution is -2.24. The molecule has 0 bridgehead atoms. The zero-order valence-electron chi connectivity index (χ0n) is 11.7. The van der Waals surface area contributed by atoms with Crippen molar-refractivity contribution in [1.29, 1.82) is 0 Å². The number of benzene rings is 1. The molecule has 1 aliphatic heterocycles. The molecule has 0 N–H and O–H groups in total. The molecule has 2 rings (SSSR count). The van der Waals surface area contributed by atoms with Gasteiger partial charge in [0.1, 0.15) is 18.2 Å². The molecule has 0 saturated heterocycles. The van der Waals surface area contributed by atoms with Crippen molar-refractivity contribution in [3.05, 3.63) is 59.0 Å². The monoisotopic (exact) mass is 303 g/mol. The Morgan fingerprint density at radius 1 is 1.43 bits per heavy atom. The zero-order chi connectivity index (χ0) is 15.4. The number of allylic oxidation sites excluding steroid dienone is 3. The summed E-state index contributed by atoms with van der Waals surface area (Å²) in [7, 11) is 0. The fourth-order valence-electron chi connectivity index (χ4n) is 2.18. The minimum absolute atomic E-state index is 0.0768. The van der Waals surface area contributed by atoms with Crippen LogP contribution in [0.15, 0.2) is 47.7 Å². The molecule has 4 heteroatoms. The average molecular weight is 304 g/mol. The molecule has 0 radical (unpaired) electrons. The Morgan fingerprint density at radius 2 is 2.19 bits per heavy atom. The number of nitrogens with zero attached hydrogens (tertiary/aromatic N) is 1. The highest BCUT2D eigenvalue weighted by Crippen LogP contribution is 2.37. The average Bonchev–Trinajstić information content (AvgIpc) is 2.48. The van der Waals surface area contributed by atoms with E-state index in [1.54, 1.807) is 24.3 Å². The first-order valence-electron chi connectivity index (χ1n) is 6.49. The van der Waals surface area contributed by atoms with E-state index in [2.05, 4.69) is 12.5 Å². The highest BCUT2D eigenvalue weighted by Gasteiger charge is 2.23. The van der Waals surface area contributed by atoms with Gasteiger partial charge in [0, 0.05) is 6.54 Å². The summed E-state index contributed by atoms with van der Waals surface area (Å²) >= 11 is 6.08. The molecule has 0 saturated carbocycles. The van der Waals surface area contributed by atoms with Crippen molar-refractivity contribution in [3.8, 4) is 18.1 Å². The molecule has 1 aromatic rings. The highest BCUT2D eigenvalue weighted by molar-refractivity contribution is 6.32. The molecule has 0 aromatic heterocycles. The maximum atomic E-state index is 14.3. The highest BCUT2D eigenvalue weighted by atomic mass is 35.5. The Balaban J connectivity index is 2.55. The van der Waals surface area contributed by atoms with Crippen molar-refractivity contribution in [3.63, 3.8) is 0 Å². The number of hydrogen-bond donors (Lipinski definition) is 0. The SMILES string of the molecule is C#CCOc1cccc(F)c1C1=CC=C(Cl)C(=C)N1CC. The Kier molecular flexibility index (Phi) is 4.72. The van der Waals surface area contributed by atoms with Crippen LogP contribution in [0, 0.1) is 18.2 Å². The third-order valence-electron chi connectivity index (χ3n) is 3.14. The number of hydrogen-bond acceptors (Lipinski definition) is 2. The van der Waals surface area contributed by atoms with Crippen LogP contribution < -0.4 is 4.74 Å². The molecule has 1 aromatic carbocycles. The molecular weight excluding hydrogens is 289 g/mol. The summed E-state index contributed by atoms with van der Waals surface area (Å²) < 4.78 is 19.8. The summed E-state index contributed by atoms with van der Waals surface area (Å²) in [4.78, 5) is 1.84. The van der Waals surface area contributed by atoms with Crippen LogP contribution in [-0.4, -0.2) is 18.1 Å². The molecular formula is C17H15ClFNO. The molecule has 1 heterocycles. The van der Waals surface area contributed by atoms with Crippen molar-refractivity contribution in [2.45, 2.75) is 6.92 Å². The van der Waals surface area contributed by atoms with E-state index in [-0.39, 0.29) is 12.4 Å². The third kappa shape index (κ3) is 2.96. The first-order valence-corrected chi connectivity index (χ1v) is 6.87. The molecule has 0 aliphatic carbocycles. The van der Waals surface area contributed by atoms with Crippen LogP contribution in [0.2, 0.25) is 0 Å². The van der Waals surface area contributed by atoms with Crippen LogP contribution in [-0.2, 0) is 0 Å². The van der Waals surface area contributed by atoms with Gasteiger partial charge < -0.3 is 9.64 Å². The third-order valence-corrected chi connectivity index (χ3v) is 3.48. The molecule has 0 fully saturated rings. The molecule has 2 nitrogen and oxygen atoms in total. The first-order chi connectivity index (χ1) is 10.1. The van der Waals surface area contributed by atoms with E-state index < -0.39 is 0 Å². The zero-order valence-corrected chi connectivity index (χ0v) is 12.5. The van der Waals surface area contributed by atoms with Gasteiger partial charge in [-0.05, 0) is 31.2 Å². The van der Waals surface area contributed by atoms with E-state index in [4.69, 9.17) is 22.8 Å². The number of rotatable bonds is 4. The molecule has 0 unspecified atom stereocenters. The van der Waals surface area contributed by atoms with Gasteiger partial charge in [-0.25, -0.2) is 4.39 Å². The second-order valence-electron chi connectivity index (χ2n) is 4.36. The van der Waals surface area contributed by atoms with E-state index in [0.29, 0.717) is 34.3 Å². The summed E-state index contributed by atoms with van der Waals surface area (Å²) in [6.45, 7) is 6.56. The maximum Gasteiger partial charge on any atom is 0.148 e. The number of ether oxygens (including phenoxy) is 1. The van der Waals surface area contributed by atoms with Crippen molar-refractivity contribution >= 4 is 17.3 Å². The summed E-state index contributed by atoms with van der Waals surface area (Å²) in [6.07, 6.45) is 8.65. The van der Waals surface area contributed by atoms with E-state index in [1.165, 1.54) is 6.07 Å². The summed E-state index contributed by atoms with van der Waals surface area (Å²) in [5, 5.41) is 0.531. The number of terminal acetylenes is 1.